The fourth-order valence-corrected chi connectivity index (χ4v) is 2.96. The Kier molecular flexibility index (Phi) is 6.90. The Bertz CT molecular complexity index is 466. The first-order valence-electron chi connectivity index (χ1n) is 6.98. The van der Waals surface area contributed by atoms with Gasteiger partial charge in [-0.25, -0.2) is 17.9 Å². The average Bonchev–Trinajstić information content (AvgIpc) is 2.83. The molecule has 8 nitrogen and oxygen atoms in total. The number of carboxylic acid groups (broad SMARTS) is 1. The number of urea groups is 1. The van der Waals surface area contributed by atoms with Crippen molar-refractivity contribution in [2.24, 2.45) is 11.8 Å². The summed E-state index contributed by atoms with van der Waals surface area (Å²) in [6.45, 7) is 0.967. The minimum Gasteiger partial charge on any atom is -0.481 e. The summed E-state index contributed by atoms with van der Waals surface area (Å²) < 4.78 is 23.9. The molecule has 2 atom stereocenters. The molecule has 122 valence electrons. The molecule has 0 aromatic heterocycles. The maximum atomic E-state index is 11.5. The predicted octanol–water partition coefficient (Wildman–Crippen LogP) is -0.274. The number of hydrogen-bond acceptors (Lipinski definition) is 4. The largest absolute Gasteiger partial charge is 0.481 e. The molecule has 0 spiro atoms. The number of rotatable bonds is 8. The van der Waals surface area contributed by atoms with Gasteiger partial charge in [-0.3, -0.25) is 4.79 Å². The fraction of sp³-hybridized carbons (Fsp3) is 0.833. The van der Waals surface area contributed by atoms with Crippen molar-refractivity contribution in [3.8, 4) is 0 Å². The van der Waals surface area contributed by atoms with E-state index in [2.05, 4.69) is 15.4 Å². The molecule has 1 fully saturated rings. The highest BCUT2D eigenvalue weighted by atomic mass is 32.2. The molecule has 1 rings (SSSR count). The zero-order valence-electron chi connectivity index (χ0n) is 12.1. The Morgan fingerprint density at radius 1 is 1.19 bits per heavy atom. The van der Waals surface area contributed by atoms with Gasteiger partial charge in [0.15, 0.2) is 0 Å². The van der Waals surface area contributed by atoms with E-state index in [1.54, 1.807) is 0 Å². The Balaban J connectivity index is 2.13. The zero-order valence-corrected chi connectivity index (χ0v) is 12.9. The lowest BCUT2D eigenvalue weighted by molar-refractivity contribution is -0.142. The van der Waals surface area contributed by atoms with Crippen LogP contribution in [-0.2, 0) is 14.8 Å². The predicted molar refractivity (Wildman–Crippen MR) is 77.3 cm³/mol. The minimum atomic E-state index is -3.19. The number of nitrogens with one attached hydrogen (secondary N) is 3. The quantitative estimate of drug-likeness (QED) is 0.458. The van der Waals surface area contributed by atoms with Crippen molar-refractivity contribution in [3.05, 3.63) is 0 Å². The SMILES string of the molecule is CS(=O)(=O)NCCCNC(=O)NCC1CCCC1C(=O)O. The molecule has 1 saturated carbocycles. The van der Waals surface area contributed by atoms with Gasteiger partial charge in [0.1, 0.15) is 0 Å². The van der Waals surface area contributed by atoms with Crippen molar-refractivity contribution in [2.75, 3.05) is 25.9 Å². The first-order valence-corrected chi connectivity index (χ1v) is 8.88. The van der Waals surface area contributed by atoms with Gasteiger partial charge in [0, 0.05) is 19.6 Å². The van der Waals surface area contributed by atoms with Gasteiger partial charge in [-0.15, -0.1) is 0 Å². The average molecular weight is 321 g/mol. The molecule has 0 radical (unpaired) electrons. The van der Waals surface area contributed by atoms with E-state index in [0.29, 0.717) is 25.9 Å². The summed E-state index contributed by atoms with van der Waals surface area (Å²) in [6, 6.07) is -0.356. The minimum absolute atomic E-state index is 0.0137. The molecule has 0 saturated heterocycles. The summed E-state index contributed by atoms with van der Waals surface area (Å²) >= 11 is 0. The summed E-state index contributed by atoms with van der Waals surface area (Å²) in [5, 5.41) is 14.3. The van der Waals surface area contributed by atoms with Crippen LogP contribution < -0.4 is 15.4 Å². The number of sulfonamides is 1. The van der Waals surface area contributed by atoms with Crippen molar-refractivity contribution in [2.45, 2.75) is 25.7 Å². The lowest BCUT2D eigenvalue weighted by Crippen LogP contribution is -2.40. The summed E-state index contributed by atoms with van der Waals surface area (Å²) in [6.07, 6.45) is 3.92. The van der Waals surface area contributed by atoms with Crippen molar-refractivity contribution >= 4 is 22.0 Å². The molecule has 0 aromatic carbocycles. The van der Waals surface area contributed by atoms with Gasteiger partial charge < -0.3 is 15.7 Å². The van der Waals surface area contributed by atoms with E-state index < -0.39 is 16.0 Å². The van der Waals surface area contributed by atoms with E-state index in [4.69, 9.17) is 5.11 Å². The smallest absolute Gasteiger partial charge is 0.314 e. The maximum Gasteiger partial charge on any atom is 0.314 e. The molecule has 1 aliphatic carbocycles. The third kappa shape index (κ3) is 7.28. The molecule has 4 N–H and O–H groups in total. The van der Waals surface area contributed by atoms with E-state index in [9.17, 15) is 18.0 Å². The Morgan fingerprint density at radius 3 is 2.52 bits per heavy atom. The van der Waals surface area contributed by atoms with Gasteiger partial charge in [0.2, 0.25) is 10.0 Å². The lowest BCUT2D eigenvalue weighted by atomic mass is 9.96. The maximum absolute atomic E-state index is 11.5. The second-order valence-corrected chi connectivity index (χ2v) is 7.13. The molecule has 1 aliphatic rings. The second kappa shape index (κ2) is 8.18. The second-order valence-electron chi connectivity index (χ2n) is 5.29. The summed E-state index contributed by atoms with van der Waals surface area (Å²) in [5.74, 6) is -1.18. The van der Waals surface area contributed by atoms with E-state index in [1.807, 2.05) is 0 Å². The van der Waals surface area contributed by atoms with Crippen molar-refractivity contribution in [1.82, 2.24) is 15.4 Å². The molecule has 2 unspecified atom stereocenters. The van der Waals surface area contributed by atoms with Gasteiger partial charge in [-0.05, 0) is 25.2 Å². The van der Waals surface area contributed by atoms with Crippen molar-refractivity contribution < 1.29 is 23.1 Å². The van der Waals surface area contributed by atoms with Crippen molar-refractivity contribution in [1.29, 1.82) is 0 Å². The van der Waals surface area contributed by atoms with E-state index >= 15 is 0 Å². The van der Waals surface area contributed by atoms with Gasteiger partial charge in [-0.2, -0.15) is 0 Å². The Labute approximate surface area is 124 Å². The normalized spacial score (nSPS) is 22.0. The highest BCUT2D eigenvalue weighted by Gasteiger charge is 2.32. The van der Waals surface area contributed by atoms with E-state index in [1.165, 1.54) is 0 Å². The summed E-state index contributed by atoms with van der Waals surface area (Å²) in [7, 11) is -3.19. The number of carbonyl (C=O) groups is 2. The Hall–Kier alpha value is -1.35. The van der Waals surface area contributed by atoms with Crippen LogP contribution in [0.15, 0.2) is 0 Å². The first-order chi connectivity index (χ1) is 9.79. The molecule has 0 bridgehead atoms. The van der Waals surface area contributed by atoms with Gasteiger partial charge in [0.25, 0.3) is 0 Å². The Morgan fingerprint density at radius 2 is 1.90 bits per heavy atom. The van der Waals surface area contributed by atoms with Crippen LogP contribution in [0.5, 0.6) is 0 Å². The van der Waals surface area contributed by atoms with E-state index in [-0.39, 0.29) is 24.4 Å². The number of carboxylic acids is 1. The van der Waals surface area contributed by atoms with Gasteiger partial charge >= 0.3 is 12.0 Å². The number of amides is 2. The van der Waals surface area contributed by atoms with Crippen LogP contribution >= 0.6 is 0 Å². The molecule has 2 amide bonds. The van der Waals surface area contributed by atoms with Crippen LogP contribution in [-0.4, -0.2) is 51.4 Å². The van der Waals surface area contributed by atoms with Crippen LogP contribution in [0.1, 0.15) is 25.7 Å². The molecule has 0 aliphatic heterocycles. The molecule has 9 heteroatoms. The number of aliphatic carboxylic acids is 1. The zero-order chi connectivity index (χ0) is 15.9. The fourth-order valence-electron chi connectivity index (χ4n) is 2.44. The third-order valence-corrected chi connectivity index (χ3v) is 4.23. The van der Waals surface area contributed by atoms with E-state index in [0.717, 1.165) is 19.1 Å². The van der Waals surface area contributed by atoms with Crippen LogP contribution in [0.2, 0.25) is 0 Å². The number of carbonyl (C=O) groups excluding carboxylic acids is 1. The van der Waals surface area contributed by atoms with Crippen LogP contribution in [0.3, 0.4) is 0 Å². The summed E-state index contributed by atoms with van der Waals surface area (Å²) in [4.78, 5) is 22.5. The highest BCUT2D eigenvalue weighted by molar-refractivity contribution is 7.88. The molecule has 0 heterocycles. The lowest BCUT2D eigenvalue weighted by Gasteiger charge is -2.16. The topological polar surface area (TPSA) is 125 Å². The van der Waals surface area contributed by atoms with Crippen LogP contribution in [0.4, 0.5) is 4.79 Å². The molecular weight excluding hydrogens is 298 g/mol. The third-order valence-electron chi connectivity index (χ3n) is 3.50. The van der Waals surface area contributed by atoms with Crippen LogP contribution in [0.25, 0.3) is 0 Å². The highest BCUT2D eigenvalue weighted by Crippen LogP contribution is 2.31. The van der Waals surface area contributed by atoms with Crippen molar-refractivity contribution in [3.63, 3.8) is 0 Å². The molecular formula is C12H23N3O5S. The molecule has 0 aromatic rings. The summed E-state index contributed by atoms with van der Waals surface area (Å²) in [5.41, 5.74) is 0. The van der Waals surface area contributed by atoms with Gasteiger partial charge in [-0.1, -0.05) is 6.42 Å². The number of hydrogen-bond donors (Lipinski definition) is 4. The standard InChI is InChI=1S/C12H23N3O5S/c1-21(19,20)15-7-3-6-13-12(18)14-8-9-4-2-5-10(9)11(16)17/h9-10,15H,2-8H2,1H3,(H,16,17)(H2,13,14,18). The monoisotopic (exact) mass is 321 g/mol. The molecule has 21 heavy (non-hydrogen) atoms. The first kappa shape index (κ1) is 17.7. The van der Waals surface area contributed by atoms with Crippen LogP contribution in [0, 0.1) is 11.8 Å². The van der Waals surface area contributed by atoms with Gasteiger partial charge in [0.05, 0.1) is 12.2 Å².